The maximum absolute atomic E-state index is 4.47. The van der Waals surface area contributed by atoms with E-state index in [0.717, 1.165) is 29.2 Å². The monoisotopic (exact) mass is 188 g/mol. The maximum atomic E-state index is 4.47. The summed E-state index contributed by atoms with van der Waals surface area (Å²) in [6.07, 6.45) is 0. The van der Waals surface area contributed by atoms with Gasteiger partial charge in [-0.1, -0.05) is 0 Å². The van der Waals surface area contributed by atoms with Crippen LogP contribution in [0.1, 0.15) is 5.82 Å². The predicted octanol–water partition coefficient (Wildman–Crippen LogP) is 1.69. The van der Waals surface area contributed by atoms with Gasteiger partial charge in [0.25, 0.3) is 0 Å². The predicted molar refractivity (Wildman–Crippen MR) is 57.7 cm³/mol. The number of fused-ring (bicyclic) bond motifs is 3. The Hall–Kier alpha value is -1.71. The number of H-pyrrole nitrogens is 1. The second-order valence-electron chi connectivity index (χ2n) is 3.71. The lowest BCUT2D eigenvalue weighted by atomic mass is 10.2. The van der Waals surface area contributed by atoms with Crippen LogP contribution in [0.4, 0.5) is 11.4 Å². The summed E-state index contributed by atoms with van der Waals surface area (Å²) in [5, 5.41) is 3.35. The SMILES string of the molecule is Cc1nc2c3c(ccc2[nH]1)N(C)CN3. The summed E-state index contributed by atoms with van der Waals surface area (Å²) in [7, 11) is 2.07. The molecule has 0 radical (unpaired) electrons. The molecule has 4 nitrogen and oxygen atoms in total. The first kappa shape index (κ1) is 7.67. The Kier molecular flexibility index (Phi) is 1.32. The molecule has 0 aliphatic carbocycles. The quantitative estimate of drug-likeness (QED) is 0.661. The molecule has 0 fully saturated rings. The molecule has 0 saturated carbocycles. The van der Waals surface area contributed by atoms with E-state index in [1.54, 1.807) is 0 Å². The highest BCUT2D eigenvalue weighted by Gasteiger charge is 2.18. The van der Waals surface area contributed by atoms with E-state index >= 15 is 0 Å². The molecule has 0 spiro atoms. The molecule has 0 unspecified atom stereocenters. The van der Waals surface area contributed by atoms with Crippen LogP contribution in [0.5, 0.6) is 0 Å². The van der Waals surface area contributed by atoms with Crippen molar-refractivity contribution in [3.63, 3.8) is 0 Å². The number of hydrogen-bond donors (Lipinski definition) is 2. The topological polar surface area (TPSA) is 44.0 Å². The Morgan fingerprint density at radius 3 is 3.14 bits per heavy atom. The summed E-state index contributed by atoms with van der Waals surface area (Å²) in [5.74, 6) is 0.963. The van der Waals surface area contributed by atoms with Crippen molar-refractivity contribution in [1.82, 2.24) is 9.97 Å². The third-order valence-corrected chi connectivity index (χ3v) is 2.66. The van der Waals surface area contributed by atoms with Crippen LogP contribution in [0, 0.1) is 6.92 Å². The van der Waals surface area contributed by atoms with E-state index in [4.69, 9.17) is 0 Å². The third kappa shape index (κ3) is 0.852. The highest BCUT2D eigenvalue weighted by atomic mass is 15.3. The summed E-state index contributed by atoms with van der Waals surface area (Å²) in [6.45, 7) is 2.84. The van der Waals surface area contributed by atoms with Crippen LogP contribution in [-0.2, 0) is 0 Å². The minimum Gasteiger partial charge on any atom is -0.364 e. The standard InChI is InChI=1S/C10H12N4/c1-6-12-7-3-4-8-10(9(7)13-6)11-5-14(8)2/h3-4,11H,5H2,1-2H3,(H,12,13). The Balaban J connectivity index is 2.37. The minimum absolute atomic E-state index is 0.861. The van der Waals surface area contributed by atoms with Crippen molar-refractivity contribution >= 4 is 22.4 Å². The van der Waals surface area contributed by atoms with Crippen LogP contribution >= 0.6 is 0 Å². The highest BCUT2D eigenvalue weighted by Crippen LogP contribution is 2.35. The van der Waals surface area contributed by atoms with Gasteiger partial charge in [-0.15, -0.1) is 0 Å². The first-order valence-corrected chi connectivity index (χ1v) is 4.70. The molecular weight excluding hydrogens is 176 g/mol. The molecule has 2 N–H and O–H groups in total. The van der Waals surface area contributed by atoms with Gasteiger partial charge in [-0.05, 0) is 19.1 Å². The molecule has 72 valence electrons. The number of nitrogens with one attached hydrogen (secondary N) is 2. The van der Waals surface area contributed by atoms with Gasteiger partial charge >= 0.3 is 0 Å². The van der Waals surface area contributed by atoms with Crippen molar-refractivity contribution in [2.75, 3.05) is 23.9 Å². The molecule has 0 atom stereocenters. The van der Waals surface area contributed by atoms with Crippen molar-refractivity contribution in [2.24, 2.45) is 0 Å². The number of hydrogen-bond acceptors (Lipinski definition) is 3. The number of imidazole rings is 1. The lowest BCUT2D eigenvalue weighted by molar-refractivity contribution is 1.03. The zero-order valence-electron chi connectivity index (χ0n) is 8.26. The average Bonchev–Trinajstić information content (AvgIpc) is 2.68. The lowest BCUT2D eigenvalue weighted by Crippen LogP contribution is -2.15. The molecule has 2 heterocycles. The van der Waals surface area contributed by atoms with E-state index in [9.17, 15) is 0 Å². The highest BCUT2D eigenvalue weighted by molar-refractivity contribution is 5.98. The fraction of sp³-hybridized carbons (Fsp3) is 0.300. The number of benzene rings is 1. The van der Waals surface area contributed by atoms with Crippen molar-refractivity contribution in [3.05, 3.63) is 18.0 Å². The fourth-order valence-corrected chi connectivity index (χ4v) is 1.96. The Bertz CT molecular complexity index is 500. The first-order valence-electron chi connectivity index (χ1n) is 4.70. The van der Waals surface area contributed by atoms with Gasteiger partial charge in [0.1, 0.15) is 11.3 Å². The van der Waals surface area contributed by atoms with Crippen LogP contribution in [0.3, 0.4) is 0 Å². The number of nitrogens with zero attached hydrogens (tertiary/aromatic N) is 2. The normalized spacial score (nSPS) is 14.6. The van der Waals surface area contributed by atoms with Crippen LogP contribution in [0.2, 0.25) is 0 Å². The molecule has 2 aromatic rings. The van der Waals surface area contributed by atoms with Crippen LogP contribution in [-0.4, -0.2) is 23.7 Å². The molecule has 1 aliphatic rings. The van der Waals surface area contributed by atoms with E-state index in [-0.39, 0.29) is 0 Å². The molecule has 0 saturated heterocycles. The molecular formula is C10H12N4. The molecule has 0 amide bonds. The van der Waals surface area contributed by atoms with Gasteiger partial charge in [0.15, 0.2) is 0 Å². The van der Waals surface area contributed by atoms with Crippen LogP contribution < -0.4 is 10.2 Å². The van der Waals surface area contributed by atoms with Crippen molar-refractivity contribution in [2.45, 2.75) is 6.92 Å². The van der Waals surface area contributed by atoms with Crippen LogP contribution in [0.25, 0.3) is 11.0 Å². The number of anilines is 2. The Morgan fingerprint density at radius 2 is 2.29 bits per heavy atom. The Morgan fingerprint density at radius 1 is 1.43 bits per heavy atom. The minimum atomic E-state index is 0.861. The second-order valence-corrected chi connectivity index (χ2v) is 3.71. The van der Waals surface area contributed by atoms with E-state index in [1.165, 1.54) is 5.69 Å². The molecule has 4 heteroatoms. The summed E-state index contributed by atoms with van der Waals surface area (Å²) in [5.41, 5.74) is 4.52. The van der Waals surface area contributed by atoms with Crippen LogP contribution in [0.15, 0.2) is 12.1 Å². The zero-order valence-corrected chi connectivity index (χ0v) is 8.26. The van der Waals surface area contributed by atoms with E-state index in [0.29, 0.717) is 0 Å². The summed E-state index contributed by atoms with van der Waals surface area (Å²) >= 11 is 0. The van der Waals surface area contributed by atoms with Crippen molar-refractivity contribution < 1.29 is 0 Å². The van der Waals surface area contributed by atoms with E-state index < -0.39 is 0 Å². The molecule has 0 bridgehead atoms. The molecule has 1 aliphatic heterocycles. The average molecular weight is 188 g/mol. The van der Waals surface area contributed by atoms with Gasteiger partial charge < -0.3 is 15.2 Å². The van der Waals surface area contributed by atoms with Crippen molar-refractivity contribution in [3.8, 4) is 0 Å². The van der Waals surface area contributed by atoms with E-state index in [1.807, 2.05) is 6.92 Å². The van der Waals surface area contributed by atoms with Gasteiger partial charge in [-0.2, -0.15) is 0 Å². The lowest BCUT2D eigenvalue weighted by Gasteiger charge is -2.08. The molecule has 1 aromatic carbocycles. The molecule has 1 aromatic heterocycles. The van der Waals surface area contributed by atoms with Crippen molar-refractivity contribution in [1.29, 1.82) is 0 Å². The Labute approximate surface area is 81.9 Å². The smallest absolute Gasteiger partial charge is 0.114 e. The molecule has 3 rings (SSSR count). The molecule has 14 heavy (non-hydrogen) atoms. The van der Waals surface area contributed by atoms with Gasteiger partial charge in [0.05, 0.1) is 23.6 Å². The number of rotatable bonds is 0. The summed E-state index contributed by atoms with van der Waals surface area (Å²) in [6, 6.07) is 4.20. The largest absolute Gasteiger partial charge is 0.364 e. The number of aryl methyl sites for hydroxylation is 1. The third-order valence-electron chi connectivity index (χ3n) is 2.66. The van der Waals surface area contributed by atoms with Gasteiger partial charge in [0.2, 0.25) is 0 Å². The zero-order chi connectivity index (χ0) is 9.71. The van der Waals surface area contributed by atoms with Gasteiger partial charge in [-0.25, -0.2) is 4.98 Å². The second kappa shape index (κ2) is 2.41. The fourth-order valence-electron chi connectivity index (χ4n) is 1.96. The van der Waals surface area contributed by atoms with E-state index in [2.05, 4.69) is 39.4 Å². The summed E-state index contributed by atoms with van der Waals surface area (Å²) < 4.78 is 0. The first-order chi connectivity index (χ1) is 6.75. The van der Waals surface area contributed by atoms with Gasteiger partial charge in [-0.3, -0.25) is 0 Å². The number of aromatic amines is 1. The maximum Gasteiger partial charge on any atom is 0.114 e. The summed E-state index contributed by atoms with van der Waals surface area (Å²) in [4.78, 5) is 9.89. The number of aromatic nitrogens is 2. The van der Waals surface area contributed by atoms with Gasteiger partial charge in [0, 0.05) is 7.05 Å².